The number of nitro benzene ring substituents is 1. The Morgan fingerprint density at radius 3 is 2.56 bits per heavy atom. The maximum absolute atomic E-state index is 12.7. The number of nitrogens with zero attached hydrogens (tertiary/aromatic N) is 2. The molecule has 0 spiro atoms. The van der Waals surface area contributed by atoms with Crippen LogP contribution in [0.4, 0.5) is 11.4 Å². The first-order valence-corrected chi connectivity index (χ1v) is 11.0. The molecule has 1 aliphatic rings. The molecule has 0 unspecified atom stereocenters. The molecule has 0 saturated carbocycles. The summed E-state index contributed by atoms with van der Waals surface area (Å²) in [5.74, 6) is -1.58. The Morgan fingerprint density at radius 2 is 1.88 bits per heavy atom. The van der Waals surface area contributed by atoms with Crippen molar-refractivity contribution in [3.05, 3.63) is 63.7 Å². The largest absolute Gasteiger partial charge is 0.452 e. The molecule has 0 bridgehead atoms. The summed E-state index contributed by atoms with van der Waals surface area (Å²) in [5, 5.41) is 13.5. The molecule has 0 aliphatic carbocycles. The van der Waals surface area contributed by atoms with Crippen molar-refractivity contribution in [2.45, 2.75) is 11.8 Å². The molecule has 2 aromatic carbocycles. The zero-order valence-corrected chi connectivity index (χ0v) is 18.0. The molecule has 1 saturated heterocycles. The number of carbonyl (C=O) groups excluding carboxylic acids is 2. The van der Waals surface area contributed by atoms with E-state index in [2.05, 4.69) is 5.32 Å². The number of esters is 1. The number of nitrogens with one attached hydrogen (secondary N) is 1. The van der Waals surface area contributed by atoms with Crippen LogP contribution in [-0.2, 0) is 24.3 Å². The Balaban J connectivity index is 1.63. The van der Waals surface area contributed by atoms with Crippen molar-refractivity contribution >= 4 is 33.3 Å². The lowest BCUT2D eigenvalue weighted by Gasteiger charge is -2.26. The highest BCUT2D eigenvalue weighted by molar-refractivity contribution is 7.89. The Bertz CT molecular complexity index is 1140. The molecule has 32 heavy (non-hydrogen) atoms. The van der Waals surface area contributed by atoms with Gasteiger partial charge in [-0.2, -0.15) is 4.31 Å². The summed E-state index contributed by atoms with van der Waals surface area (Å²) < 4.78 is 36.9. The fourth-order valence-corrected chi connectivity index (χ4v) is 4.57. The first kappa shape index (κ1) is 23.3. The van der Waals surface area contributed by atoms with Crippen molar-refractivity contribution in [2.75, 3.05) is 38.2 Å². The number of nitro groups is 1. The van der Waals surface area contributed by atoms with E-state index in [0.717, 1.165) is 0 Å². The maximum atomic E-state index is 12.7. The molecule has 2 aromatic rings. The minimum atomic E-state index is -3.74. The SMILES string of the molecule is Cc1c(C(=O)OCC(=O)Nc2cccc(S(=O)(=O)N3CCOCC3)c2)cccc1[N+](=O)[O-]. The van der Waals surface area contributed by atoms with Crippen LogP contribution in [0.15, 0.2) is 47.4 Å². The van der Waals surface area contributed by atoms with Gasteiger partial charge in [0, 0.05) is 30.4 Å². The Kier molecular flexibility index (Phi) is 7.18. The molecule has 3 rings (SSSR count). The van der Waals surface area contributed by atoms with E-state index in [1.807, 2.05) is 0 Å². The molecule has 1 fully saturated rings. The van der Waals surface area contributed by atoms with E-state index in [4.69, 9.17) is 9.47 Å². The number of hydrogen-bond donors (Lipinski definition) is 1. The van der Waals surface area contributed by atoms with Crippen molar-refractivity contribution in [3.8, 4) is 0 Å². The van der Waals surface area contributed by atoms with Crippen molar-refractivity contribution in [2.24, 2.45) is 0 Å². The van der Waals surface area contributed by atoms with Gasteiger partial charge in [0.25, 0.3) is 11.6 Å². The van der Waals surface area contributed by atoms with Crippen LogP contribution in [0.5, 0.6) is 0 Å². The molecule has 170 valence electrons. The van der Waals surface area contributed by atoms with Crippen LogP contribution < -0.4 is 5.32 Å². The third-order valence-corrected chi connectivity index (χ3v) is 6.68. The van der Waals surface area contributed by atoms with E-state index in [0.29, 0.717) is 13.2 Å². The maximum Gasteiger partial charge on any atom is 0.339 e. The first-order chi connectivity index (χ1) is 15.2. The number of sulfonamides is 1. The highest BCUT2D eigenvalue weighted by Crippen LogP contribution is 2.22. The van der Waals surface area contributed by atoms with Crippen LogP contribution in [0.3, 0.4) is 0 Å². The highest BCUT2D eigenvalue weighted by Gasteiger charge is 2.26. The fraction of sp³-hybridized carbons (Fsp3) is 0.300. The zero-order chi connectivity index (χ0) is 23.3. The molecule has 0 atom stereocenters. The van der Waals surface area contributed by atoms with Gasteiger partial charge in [-0.1, -0.05) is 12.1 Å². The molecule has 0 radical (unpaired) electrons. The van der Waals surface area contributed by atoms with Gasteiger partial charge < -0.3 is 14.8 Å². The quantitative estimate of drug-likeness (QED) is 0.371. The summed E-state index contributed by atoms with van der Waals surface area (Å²) in [6, 6.07) is 9.70. The monoisotopic (exact) mass is 463 g/mol. The number of hydrogen-bond acceptors (Lipinski definition) is 8. The predicted octanol–water partition coefficient (Wildman–Crippen LogP) is 1.72. The summed E-state index contributed by atoms with van der Waals surface area (Å²) in [4.78, 5) is 34.8. The number of amides is 1. The van der Waals surface area contributed by atoms with Crippen LogP contribution in [-0.4, -0.2) is 62.4 Å². The normalized spacial score (nSPS) is 14.5. The van der Waals surface area contributed by atoms with Crippen molar-refractivity contribution < 1.29 is 32.4 Å². The lowest BCUT2D eigenvalue weighted by Crippen LogP contribution is -2.40. The van der Waals surface area contributed by atoms with Crippen LogP contribution in [0.1, 0.15) is 15.9 Å². The smallest absolute Gasteiger partial charge is 0.339 e. The lowest BCUT2D eigenvalue weighted by atomic mass is 10.1. The van der Waals surface area contributed by atoms with E-state index >= 15 is 0 Å². The Hall–Kier alpha value is -3.35. The van der Waals surface area contributed by atoms with Gasteiger partial charge in [0.1, 0.15) is 0 Å². The van der Waals surface area contributed by atoms with Crippen LogP contribution in [0.25, 0.3) is 0 Å². The van der Waals surface area contributed by atoms with E-state index in [1.165, 1.54) is 53.7 Å². The zero-order valence-electron chi connectivity index (χ0n) is 17.1. The summed E-state index contributed by atoms with van der Waals surface area (Å²) in [6.07, 6.45) is 0. The third kappa shape index (κ3) is 5.28. The molecule has 11 nitrogen and oxygen atoms in total. The van der Waals surface area contributed by atoms with Gasteiger partial charge in [-0.05, 0) is 31.2 Å². The number of benzene rings is 2. The number of morpholine rings is 1. The van der Waals surface area contributed by atoms with Crippen LogP contribution >= 0.6 is 0 Å². The van der Waals surface area contributed by atoms with Crippen molar-refractivity contribution in [1.82, 2.24) is 4.31 Å². The Morgan fingerprint density at radius 1 is 1.19 bits per heavy atom. The number of rotatable bonds is 7. The average molecular weight is 463 g/mol. The molecule has 1 N–H and O–H groups in total. The van der Waals surface area contributed by atoms with Crippen molar-refractivity contribution in [3.63, 3.8) is 0 Å². The predicted molar refractivity (Wildman–Crippen MR) is 113 cm³/mol. The minimum absolute atomic E-state index is 0.0152. The van der Waals surface area contributed by atoms with E-state index < -0.39 is 33.4 Å². The van der Waals surface area contributed by atoms with Gasteiger partial charge in [0.15, 0.2) is 6.61 Å². The van der Waals surface area contributed by atoms with E-state index in [-0.39, 0.29) is 40.5 Å². The second-order valence-corrected chi connectivity index (χ2v) is 8.81. The van der Waals surface area contributed by atoms with E-state index in [1.54, 1.807) is 0 Å². The third-order valence-electron chi connectivity index (χ3n) is 4.78. The minimum Gasteiger partial charge on any atom is -0.452 e. The molecule has 1 aliphatic heterocycles. The number of carbonyl (C=O) groups is 2. The molecule has 0 aromatic heterocycles. The lowest BCUT2D eigenvalue weighted by molar-refractivity contribution is -0.385. The van der Waals surface area contributed by atoms with Gasteiger partial charge in [-0.15, -0.1) is 0 Å². The second-order valence-electron chi connectivity index (χ2n) is 6.88. The standard InChI is InChI=1S/C20H21N3O8S/c1-14-17(6-3-7-18(14)23(26)27)20(25)31-13-19(24)21-15-4-2-5-16(12-15)32(28,29)22-8-10-30-11-9-22/h2-7,12H,8-11,13H2,1H3,(H,21,24). The molecular formula is C20H21N3O8S. The van der Waals surface area contributed by atoms with Gasteiger partial charge in [-0.3, -0.25) is 14.9 Å². The summed E-state index contributed by atoms with van der Waals surface area (Å²) in [6.45, 7) is 1.87. The molecule has 12 heteroatoms. The summed E-state index contributed by atoms with van der Waals surface area (Å²) in [7, 11) is -3.74. The highest BCUT2D eigenvalue weighted by atomic mass is 32.2. The van der Waals surface area contributed by atoms with Gasteiger partial charge in [0.05, 0.1) is 28.6 Å². The molecule has 1 amide bonds. The second kappa shape index (κ2) is 9.85. The van der Waals surface area contributed by atoms with E-state index in [9.17, 15) is 28.1 Å². The van der Waals surface area contributed by atoms with Crippen LogP contribution in [0.2, 0.25) is 0 Å². The Labute approximate surface area is 184 Å². The van der Waals surface area contributed by atoms with Crippen LogP contribution in [0, 0.1) is 17.0 Å². The first-order valence-electron chi connectivity index (χ1n) is 9.59. The summed E-state index contributed by atoms with van der Waals surface area (Å²) in [5.41, 5.74) is 0.0867. The topological polar surface area (TPSA) is 145 Å². The molecular weight excluding hydrogens is 442 g/mol. The fourth-order valence-electron chi connectivity index (χ4n) is 3.12. The van der Waals surface area contributed by atoms with Gasteiger partial charge >= 0.3 is 5.97 Å². The number of ether oxygens (including phenoxy) is 2. The van der Waals surface area contributed by atoms with Crippen molar-refractivity contribution in [1.29, 1.82) is 0 Å². The summed E-state index contributed by atoms with van der Waals surface area (Å²) >= 11 is 0. The van der Waals surface area contributed by atoms with Gasteiger partial charge in [-0.25, -0.2) is 13.2 Å². The molecule has 1 heterocycles. The van der Waals surface area contributed by atoms with Gasteiger partial charge in [0.2, 0.25) is 10.0 Å². The number of anilines is 1. The average Bonchev–Trinajstić information content (AvgIpc) is 2.78.